The third kappa shape index (κ3) is 3.40. The molecule has 0 spiro atoms. The molecule has 3 heteroatoms. The van der Waals surface area contributed by atoms with Crippen LogP contribution in [-0.4, -0.2) is 11.0 Å². The van der Waals surface area contributed by atoms with Crippen LogP contribution in [0.4, 0.5) is 5.69 Å². The highest BCUT2D eigenvalue weighted by Crippen LogP contribution is 2.22. The van der Waals surface area contributed by atoms with Crippen molar-refractivity contribution in [2.24, 2.45) is 0 Å². The summed E-state index contributed by atoms with van der Waals surface area (Å²) in [7, 11) is 0. The van der Waals surface area contributed by atoms with Gasteiger partial charge in [0.15, 0.2) is 0 Å². The Labute approximate surface area is 135 Å². The molecule has 1 amide bonds. The number of rotatable bonds is 3. The first-order chi connectivity index (χ1) is 11.1. The minimum absolute atomic E-state index is 0.172. The van der Waals surface area contributed by atoms with Gasteiger partial charge in [-0.3, -0.25) is 4.79 Å². The quantitative estimate of drug-likeness (QED) is 0.694. The van der Waals surface area contributed by atoms with Crippen molar-refractivity contribution in [2.45, 2.75) is 6.92 Å². The van der Waals surface area contributed by atoms with Crippen molar-refractivity contribution < 1.29 is 9.90 Å². The zero-order valence-electron chi connectivity index (χ0n) is 12.8. The van der Waals surface area contributed by atoms with Gasteiger partial charge >= 0.3 is 0 Å². The third-order valence-electron chi connectivity index (χ3n) is 3.71. The van der Waals surface area contributed by atoms with E-state index in [9.17, 15) is 9.90 Å². The van der Waals surface area contributed by atoms with Crippen LogP contribution in [0.25, 0.3) is 11.1 Å². The molecule has 3 nitrogen and oxygen atoms in total. The van der Waals surface area contributed by atoms with Crippen LogP contribution < -0.4 is 5.32 Å². The average Bonchev–Trinajstić information content (AvgIpc) is 2.59. The van der Waals surface area contributed by atoms with Crippen LogP contribution >= 0.6 is 0 Å². The summed E-state index contributed by atoms with van der Waals surface area (Å²) >= 11 is 0. The highest BCUT2D eigenvalue weighted by atomic mass is 16.3. The lowest BCUT2D eigenvalue weighted by Crippen LogP contribution is -2.11. The van der Waals surface area contributed by atoms with Gasteiger partial charge in [0, 0.05) is 11.3 Å². The highest BCUT2D eigenvalue weighted by molar-refractivity contribution is 6.04. The summed E-state index contributed by atoms with van der Waals surface area (Å²) in [6.45, 7) is 1.79. The molecule has 23 heavy (non-hydrogen) atoms. The van der Waals surface area contributed by atoms with Crippen molar-refractivity contribution in [1.29, 1.82) is 0 Å². The Bertz CT molecular complexity index is 824. The highest BCUT2D eigenvalue weighted by Gasteiger charge is 2.07. The van der Waals surface area contributed by atoms with Crippen LogP contribution in [0.2, 0.25) is 0 Å². The summed E-state index contributed by atoms with van der Waals surface area (Å²) in [4.78, 5) is 12.3. The van der Waals surface area contributed by atoms with Crippen LogP contribution in [0, 0.1) is 6.92 Å². The molecule has 3 rings (SSSR count). The number of carbonyl (C=O) groups excluding carboxylic acids is 1. The first kappa shape index (κ1) is 14.9. The third-order valence-corrected chi connectivity index (χ3v) is 3.71. The van der Waals surface area contributed by atoms with E-state index in [1.807, 2.05) is 54.6 Å². The van der Waals surface area contributed by atoms with Gasteiger partial charge in [0.05, 0.1) is 0 Å². The molecule has 0 fully saturated rings. The number of phenols is 1. The van der Waals surface area contributed by atoms with Crippen LogP contribution in [0.3, 0.4) is 0 Å². The smallest absolute Gasteiger partial charge is 0.255 e. The van der Waals surface area contributed by atoms with E-state index in [-0.39, 0.29) is 11.7 Å². The second-order valence-corrected chi connectivity index (χ2v) is 5.40. The van der Waals surface area contributed by atoms with Gasteiger partial charge in [-0.25, -0.2) is 0 Å². The zero-order valence-corrected chi connectivity index (χ0v) is 12.8. The summed E-state index contributed by atoms with van der Waals surface area (Å²) in [5, 5.41) is 12.4. The Balaban J connectivity index is 1.76. The molecule has 0 atom stereocenters. The normalized spacial score (nSPS) is 10.3. The van der Waals surface area contributed by atoms with Crippen molar-refractivity contribution in [3.8, 4) is 16.9 Å². The van der Waals surface area contributed by atoms with Crippen molar-refractivity contribution in [3.63, 3.8) is 0 Å². The Morgan fingerprint density at radius 2 is 1.52 bits per heavy atom. The maximum absolute atomic E-state index is 12.3. The molecule has 2 N–H and O–H groups in total. The standard InChI is InChI=1S/C20H17NO2/c1-14-13-18(11-12-19(14)22)21-20(23)17-9-7-16(8-10-17)15-5-3-2-4-6-15/h2-13,22H,1H3,(H,21,23). The summed E-state index contributed by atoms with van der Waals surface area (Å²) in [5.41, 5.74) is 4.17. The summed E-state index contributed by atoms with van der Waals surface area (Å²) in [5.74, 6) is 0.0462. The number of aryl methyl sites for hydroxylation is 1. The molecule has 0 aliphatic heterocycles. The molecule has 3 aromatic carbocycles. The van der Waals surface area contributed by atoms with E-state index in [1.54, 1.807) is 25.1 Å². The molecule has 0 bridgehead atoms. The molecule has 0 radical (unpaired) electrons. The first-order valence-corrected chi connectivity index (χ1v) is 7.40. The van der Waals surface area contributed by atoms with Crippen molar-refractivity contribution in [2.75, 3.05) is 5.32 Å². The molecule has 0 unspecified atom stereocenters. The topological polar surface area (TPSA) is 49.3 Å². The van der Waals surface area contributed by atoms with Gasteiger partial charge in [0.2, 0.25) is 0 Å². The second kappa shape index (κ2) is 6.36. The predicted molar refractivity (Wildman–Crippen MR) is 92.7 cm³/mol. The summed E-state index contributed by atoms with van der Waals surface area (Å²) in [6.07, 6.45) is 0. The molecule has 0 aliphatic carbocycles. The molecule has 3 aromatic rings. The van der Waals surface area contributed by atoms with E-state index < -0.39 is 0 Å². The van der Waals surface area contributed by atoms with E-state index in [2.05, 4.69) is 5.32 Å². The largest absolute Gasteiger partial charge is 0.508 e. The second-order valence-electron chi connectivity index (χ2n) is 5.40. The predicted octanol–water partition coefficient (Wildman–Crippen LogP) is 4.62. The molecule has 0 saturated carbocycles. The van der Waals surface area contributed by atoms with Crippen LogP contribution in [0.15, 0.2) is 72.8 Å². The molecule has 0 aromatic heterocycles. The van der Waals surface area contributed by atoms with Crippen molar-refractivity contribution >= 4 is 11.6 Å². The fourth-order valence-electron chi connectivity index (χ4n) is 2.38. The van der Waals surface area contributed by atoms with E-state index >= 15 is 0 Å². The SMILES string of the molecule is Cc1cc(NC(=O)c2ccc(-c3ccccc3)cc2)ccc1O. The van der Waals surface area contributed by atoms with Gasteiger partial charge in [-0.1, -0.05) is 42.5 Å². The maximum atomic E-state index is 12.3. The van der Waals surface area contributed by atoms with E-state index in [4.69, 9.17) is 0 Å². The van der Waals surface area contributed by atoms with Gasteiger partial charge < -0.3 is 10.4 Å². The number of carbonyl (C=O) groups is 1. The molecular formula is C20H17NO2. The number of hydrogen-bond acceptors (Lipinski definition) is 2. The Morgan fingerprint density at radius 3 is 2.17 bits per heavy atom. The number of aromatic hydroxyl groups is 1. The molecule has 0 heterocycles. The number of amides is 1. The van der Waals surface area contributed by atoms with Gasteiger partial charge in [0.25, 0.3) is 5.91 Å². The Morgan fingerprint density at radius 1 is 0.870 bits per heavy atom. The number of phenolic OH excluding ortho intramolecular Hbond substituents is 1. The number of hydrogen-bond donors (Lipinski definition) is 2. The minimum Gasteiger partial charge on any atom is -0.508 e. The van der Waals surface area contributed by atoms with Crippen molar-refractivity contribution in [1.82, 2.24) is 0 Å². The van der Waals surface area contributed by atoms with E-state index in [1.165, 1.54) is 0 Å². The van der Waals surface area contributed by atoms with Gasteiger partial charge in [-0.05, 0) is 53.9 Å². The number of benzene rings is 3. The molecular weight excluding hydrogens is 286 g/mol. The molecule has 114 valence electrons. The van der Waals surface area contributed by atoms with Crippen LogP contribution in [0.1, 0.15) is 15.9 Å². The summed E-state index contributed by atoms with van der Waals surface area (Å²) in [6, 6.07) is 22.5. The fourth-order valence-corrected chi connectivity index (χ4v) is 2.38. The monoisotopic (exact) mass is 303 g/mol. The fraction of sp³-hybridized carbons (Fsp3) is 0.0500. The zero-order chi connectivity index (χ0) is 16.2. The lowest BCUT2D eigenvalue weighted by atomic mass is 10.0. The van der Waals surface area contributed by atoms with Crippen LogP contribution in [0.5, 0.6) is 5.75 Å². The molecule has 0 aliphatic rings. The lowest BCUT2D eigenvalue weighted by molar-refractivity contribution is 0.102. The Hall–Kier alpha value is -3.07. The van der Waals surface area contributed by atoms with Gasteiger partial charge in [-0.2, -0.15) is 0 Å². The molecule has 0 saturated heterocycles. The lowest BCUT2D eigenvalue weighted by Gasteiger charge is -2.08. The number of nitrogens with one attached hydrogen (secondary N) is 1. The first-order valence-electron chi connectivity index (χ1n) is 7.40. The summed E-state index contributed by atoms with van der Waals surface area (Å²) < 4.78 is 0. The average molecular weight is 303 g/mol. The maximum Gasteiger partial charge on any atom is 0.255 e. The van der Waals surface area contributed by atoms with E-state index in [0.29, 0.717) is 11.3 Å². The Kier molecular flexibility index (Phi) is 4.11. The van der Waals surface area contributed by atoms with E-state index in [0.717, 1.165) is 16.7 Å². The number of anilines is 1. The van der Waals surface area contributed by atoms with Crippen molar-refractivity contribution in [3.05, 3.63) is 83.9 Å². The van der Waals surface area contributed by atoms with Crippen LogP contribution in [-0.2, 0) is 0 Å². The van der Waals surface area contributed by atoms with Gasteiger partial charge in [0.1, 0.15) is 5.75 Å². The van der Waals surface area contributed by atoms with Gasteiger partial charge in [-0.15, -0.1) is 0 Å². The minimum atomic E-state index is -0.172.